The molecular weight excluding hydrogens is 160 g/mol. The highest BCUT2D eigenvalue weighted by Gasteiger charge is 2.19. The third kappa shape index (κ3) is 2.07. The van der Waals surface area contributed by atoms with Crippen LogP contribution in [0.15, 0.2) is 24.5 Å². The average molecular weight is 176 g/mol. The Bertz CT molecular complexity index is 254. The van der Waals surface area contributed by atoms with E-state index in [2.05, 4.69) is 23.3 Å². The summed E-state index contributed by atoms with van der Waals surface area (Å²) in [5, 5.41) is 3.59. The lowest BCUT2D eigenvalue weighted by Crippen LogP contribution is -2.36. The summed E-state index contributed by atoms with van der Waals surface area (Å²) in [7, 11) is 0. The van der Waals surface area contributed by atoms with E-state index in [-0.39, 0.29) is 0 Å². The molecule has 0 aromatic carbocycles. The lowest BCUT2D eigenvalue weighted by atomic mass is 9.92. The van der Waals surface area contributed by atoms with Gasteiger partial charge in [-0.25, -0.2) is 0 Å². The number of hydrogen-bond donors (Lipinski definition) is 1. The first kappa shape index (κ1) is 8.70. The molecule has 1 aliphatic rings. The molecule has 2 nitrogen and oxygen atoms in total. The van der Waals surface area contributed by atoms with Crippen molar-refractivity contribution in [3.05, 3.63) is 30.1 Å². The van der Waals surface area contributed by atoms with Crippen molar-refractivity contribution in [3.8, 4) is 0 Å². The van der Waals surface area contributed by atoms with Crippen molar-refractivity contribution in [2.75, 3.05) is 0 Å². The van der Waals surface area contributed by atoms with Crippen LogP contribution < -0.4 is 5.32 Å². The molecule has 1 fully saturated rings. The van der Waals surface area contributed by atoms with Crippen molar-refractivity contribution in [3.63, 3.8) is 0 Å². The van der Waals surface area contributed by atoms with Crippen LogP contribution in [0.25, 0.3) is 0 Å². The van der Waals surface area contributed by atoms with Gasteiger partial charge >= 0.3 is 0 Å². The van der Waals surface area contributed by atoms with Crippen molar-refractivity contribution >= 4 is 0 Å². The van der Waals surface area contributed by atoms with Crippen LogP contribution in [0.3, 0.4) is 0 Å². The molecule has 2 rings (SSSR count). The van der Waals surface area contributed by atoms with Gasteiger partial charge in [0.25, 0.3) is 0 Å². The van der Waals surface area contributed by atoms with Gasteiger partial charge in [0.15, 0.2) is 0 Å². The largest absolute Gasteiger partial charge is 0.307 e. The van der Waals surface area contributed by atoms with E-state index in [1.807, 2.05) is 18.5 Å². The van der Waals surface area contributed by atoms with Gasteiger partial charge < -0.3 is 5.32 Å². The first-order valence-electron chi connectivity index (χ1n) is 5.02. The first-order chi connectivity index (χ1) is 6.36. The van der Waals surface area contributed by atoms with Gasteiger partial charge in [0, 0.05) is 24.5 Å². The zero-order valence-electron chi connectivity index (χ0n) is 8.03. The fourth-order valence-corrected chi connectivity index (χ4v) is 1.66. The maximum absolute atomic E-state index is 4.12. The van der Waals surface area contributed by atoms with E-state index in [1.165, 1.54) is 24.8 Å². The lowest BCUT2D eigenvalue weighted by molar-refractivity contribution is 0.313. The highest BCUT2D eigenvalue weighted by molar-refractivity contribution is 5.13. The Morgan fingerprint density at radius 3 is 2.92 bits per heavy atom. The van der Waals surface area contributed by atoms with Gasteiger partial charge in [-0.05, 0) is 31.4 Å². The number of aromatic nitrogens is 1. The Labute approximate surface area is 79.4 Å². The molecule has 1 heterocycles. The molecule has 13 heavy (non-hydrogen) atoms. The molecule has 0 amide bonds. The maximum atomic E-state index is 4.12. The standard InChI is InChI=1S/C11H16N2/c1-9(13-11-5-2-6-11)10-4-3-7-12-8-10/h3-4,7-9,11,13H,2,5-6H2,1H3/t9-/m1/s1. The second-order valence-corrected chi connectivity index (χ2v) is 3.80. The monoisotopic (exact) mass is 176 g/mol. The molecule has 0 spiro atoms. The summed E-state index contributed by atoms with van der Waals surface area (Å²) >= 11 is 0. The van der Waals surface area contributed by atoms with Crippen LogP contribution in [0.4, 0.5) is 0 Å². The van der Waals surface area contributed by atoms with E-state index in [0.717, 1.165) is 6.04 Å². The van der Waals surface area contributed by atoms with Crippen LogP contribution in [-0.2, 0) is 0 Å². The minimum absolute atomic E-state index is 0.444. The fourth-order valence-electron chi connectivity index (χ4n) is 1.66. The first-order valence-corrected chi connectivity index (χ1v) is 5.02. The van der Waals surface area contributed by atoms with Crippen molar-refractivity contribution in [1.29, 1.82) is 0 Å². The highest BCUT2D eigenvalue weighted by Crippen LogP contribution is 2.22. The quantitative estimate of drug-likeness (QED) is 0.764. The van der Waals surface area contributed by atoms with Crippen molar-refractivity contribution < 1.29 is 0 Å². The molecule has 0 unspecified atom stereocenters. The summed E-state index contributed by atoms with van der Waals surface area (Å²) in [6, 6.07) is 5.31. The van der Waals surface area contributed by atoms with E-state index < -0.39 is 0 Å². The SMILES string of the molecule is C[C@@H](NC1CCC1)c1cccnc1. The second-order valence-electron chi connectivity index (χ2n) is 3.80. The molecule has 2 heteroatoms. The van der Waals surface area contributed by atoms with Gasteiger partial charge in [-0.2, -0.15) is 0 Å². The summed E-state index contributed by atoms with van der Waals surface area (Å²) in [5.41, 5.74) is 1.29. The third-order valence-corrected chi connectivity index (χ3v) is 2.78. The Kier molecular flexibility index (Phi) is 2.60. The zero-order valence-corrected chi connectivity index (χ0v) is 8.03. The number of nitrogens with one attached hydrogen (secondary N) is 1. The Hall–Kier alpha value is -0.890. The molecule has 1 aromatic heterocycles. The van der Waals surface area contributed by atoms with Gasteiger partial charge in [-0.15, -0.1) is 0 Å². The van der Waals surface area contributed by atoms with Gasteiger partial charge in [0.2, 0.25) is 0 Å². The van der Waals surface area contributed by atoms with Crippen LogP contribution in [0.1, 0.15) is 37.8 Å². The van der Waals surface area contributed by atoms with Gasteiger partial charge in [0.1, 0.15) is 0 Å². The average Bonchev–Trinajstić information content (AvgIpc) is 2.12. The maximum Gasteiger partial charge on any atom is 0.0315 e. The summed E-state index contributed by atoms with van der Waals surface area (Å²) in [4.78, 5) is 4.12. The van der Waals surface area contributed by atoms with E-state index in [4.69, 9.17) is 0 Å². The van der Waals surface area contributed by atoms with Crippen molar-refractivity contribution in [2.24, 2.45) is 0 Å². The van der Waals surface area contributed by atoms with Crippen LogP contribution in [0.5, 0.6) is 0 Å². The van der Waals surface area contributed by atoms with Crippen LogP contribution in [0, 0.1) is 0 Å². The highest BCUT2D eigenvalue weighted by atomic mass is 15.0. The van der Waals surface area contributed by atoms with Gasteiger partial charge in [-0.1, -0.05) is 12.5 Å². The summed E-state index contributed by atoms with van der Waals surface area (Å²) < 4.78 is 0. The Balaban J connectivity index is 1.92. The van der Waals surface area contributed by atoms with Crippen LogP contribution >= 0.6 is 0 Å². The Morgan fingerprint density at radius 2 is 2.38 bits per heavy atom. The van der Waals surface area contributed by atoms with E-state index in [1.54, 1.807) is 0 Å². The van der Waals surface area contributed by atoms with Gasteiger partial charge in [0.05, 0.1) is 0 Å². The molecule has 0 radical (unpaired) electrons. The molecule has 1 aliphatic carbocycles. The smallest absolute Gasteiger partial charge is 0.0315 e. The summed E-state index contributed by atoms with van der Waals surface area (Å²) in [5.74, 6) is 0. The topological polar surface area (TPSA) is 24.9 Å². The van der Waals surface area contributed by atoms with E-state index >= 15 is 0 Å². The van der Waals surface area contributed by atoms with Crippen molar-refractivity contribution in [2.45, 2.75) is 38.3 Å². The lowest BCUT2D eigenvalue weighted by Gasteiger charge is -2.30. The number of rotatable bonds is 3. The number of nitrogens with zero attached hydrogens (tertiary/aromatic N) is 1. The minimum atomic E-state index is 0.444. The number of hydrogen-bond acceptors (Lipinski definition) is 2. The molecule has 0 saturated heterocycles. The van der Waals surface area contributed by atoms with Gasteiger partial charge in [-0.3, -0.25) is 4.98 Å². The second kappa shape index (κ2) is 3.88. The molecule has 0 aliphatic heterocycles. The molecule has 1 atom stereocenters. The van der Waals surface area contributed by atoms with E-state index in [0.29, 0.717) is 6.04 Å². The molecule has 70 valence electrons. The number of pyridine rings is 1. The fraction of sp³-hybridized carbons (Fsp3) is 0.545. The van der Waals surface area contributed by atoms with Crippen molar-refractivity contribution in [1.82, 2.24) is 10.3 Å². The van der Waals surface area contributed by atoms with E-state index in [9.17, 15) is 0 Å². The normalized spacial score (nSPS) is 19.5. The zero-order chi connectivity index (χ0) is 9.10. The molecule has 0 bridgehead atoms. The summed E-state index contributed by atoms with van der Waals surface area (Å²) in [6.45, 7) is 2.20. The molecule has 1 aromatic rings. The van der Waals surface area contributed by atoms with Crippen LogP contribution in [-0.4, -0.2) is 11.0 Å². The predicted molar refractivity (Wildman–Crippen MR) is 53.4 cm³/mol. The Morgan fingerprint density at radius 1 is 1.54 bits per heavy atom. The molecular formula is C11H16N2. The molecule has 1 saturated carbocycles. The van der Waals surface area contributed by atoms with Crippen LogP contribution in [0.2, 0.25) is 0 Å². The predicted octanol–water partition coefficient (Wildman–Crippen LogP) is 2.28. The molecule has 1 N–H and O–H groups in total. The summed E-state index contributed by atoms with van der Waals surface area (Å²) in [6.07, 6.45) is 7.82. The third-order valence-electron chi connectivity index (χ3n) is 2.78. The minimum Gasteiger partial charge on any atom is -0.307 e.